The lowest BCUT2D eigenvalue weighted by atomic mass is 10.0. The molecule has 116 valence electrons. The highest BCUT2D eigenvalue weighted by Crippen LogP contribution is 2.27. The van der Waals surface area contributed by atoms with Gasteiger partial charge in [0.2, 0.25) is 0 Å². The van der Waals surface area contributed by atoms with E-state index in [0.717, 1.165) is 42.8 Å². The predicted molar refractivity (Wildman–Crippen MR) is 84.1 cm³/mol. The largest absolute Gasteiger partial charge is 0.496 e. The molecule has 1 aromatic heterocycles. The van der Waals surface area contributed by atoms with Crippen molar-refractivity contribution in [1.82, 2.24) is 15.1 Å². The van der Waals surface area contributed by atoms with Gasteiger partial charge in [0.25, 0.3) is 5.91 Å². The van der Waals surface area contributed by atoms with Crippen LogP contribution >= 0.6 is 0 Å². The molecule has 0 radical (unpaired) electrons. The highest BCUT2D eigenvalue weighted by molar-refractivity contribution is 5.92. The van der Waals surface area contributed by atoms with Crippen molar-refractivity contribution in [2.24, 2.45) is 0 Å². The summed E-state index contributed by atoms with van der Waals surface area (Å²) in [5, 5.41) is 6.93. The van der Waals surface area contributed by atoms with Gasteiger partial charge in [0.15, 0.2) is 0 Å². The zero-order valence-electron chi connectivity index (χ0n) is 13.0. The van der Waals surface area contributed by atoms with Crippen molar-refractivity contribution in [1.29, 1.82) is 0 Å². The Bertz CT molecular complexity index is 665. The van der Waals surface area contributed by atoms with Gasteiger partial charge in [-0.1, -0.05) is 18.2 Å². The van der Waals surface area contributed by atoms with Gasteiger partial charge in [0.1, 0.15) is 11.4 Å². The number of aryl methyl sites for hydroxylation is 1. The van der Waals surface area contributed by atoms with Crippen molar-refractivity contribution in [2.45, 2.75) is 32.2 Å². The molecule has 1 N–H and O–H groups in total. The third kappa shape index (κ3) is 2.84. The van der Waals surface area contributed by atoms with Crippen molar-refractivity contribution >= 4 is 5.91 Å². The highest BCUT2D eigenvalue weighted by atomic mass is 16.5. The minimum absolute atomic E-state index is 0.0155. The third-order valence-corrected chi connectivity index (χ3v) is 4.21. The lowest BCUT2D eigenvalue weighted by Crippen LogP contribution is -2.37. The summed E-state index contributed by atoms with van der Waals surface area (Å²) in [5.41, 5.74) is 2.56. The number of para-hydroxylation sites is 1. The van der Waals surface area contributed by atoms with Gasteiger partial charge in [0, 0.05) is 18.3 Å². The number of carbonyl (C=O) groups excluding carboxylic acids is 1. The van der Waals surface area contributed by atoms with Gasteiger partial charge in [-0.3, -0.25) is 9.89 Å². The Morgan fingerprint density at radius 1 is 1.45 bits per heavy atom. The molecular formula is C17H21N3O2. The summed E-state index contributed by atoms with van der Waals surface area (Å²) >= 11 is 0. The van der Waals surface area contributed by atoms with E-state index in [2.05, 4.69) is 16.3 Å². The Kier molecular flexibility index (Phi) is 4.13. The number of aromatic amines is 1. The van der Waals surface area contributed by atoms with E-state index in [9.17, 15) is 4.79 Å². The number of nitrogens with zero attached hydrogens (tertiary/aromatic N) is 2. The van der Waals surface area contributed by atoms with Crippen LogP contribution < -0.4 is 4.74 Å². The molecule has 22 heavy (non-hydrogen) atoms. The van der Waals surface area contributed by atoms with E-state index in [0.29, 0.717) is 5.69 Å². The van der Waals surface area contributed by atoms with Crippen molar-refractivity contribution in [2.75, 3.05) is 13.7 Å². The molecule has 1 amide bonds. The molecule has 5 nitrogen and oxygen atoms in total. The van der Waals surface area contributed by atoms with Crippen LogP contribution in [0.2, 0.25) is 0 Å². The Morgan fingerprint density at radius 2 is 2.27 bits per heavy atom. The number of rotatable bonds is 4. The van der Waals surface area contributed by atoms with Crippen LogP contribution in [0.3, 0.4) is 0 Å². The molecule has 3 rings (SSSR count). The smallest absolute Gasteiger partial charge is 0.274 e. The Morgan fingerprint density at radius 3 is 3.00 bits per heavy atom. The number of benzene rings is 1. The summed E-state index contributed by atoms with van der Waals surface area (Å²) in [6.07, 6.45) is 2.88. The zero-order chi connectivity index (χ0) is 15.5. The van der Waals surface area contributed by atoms with E-state index in [-0.39, 0.29) is 11.9 Å². The topological polar surface area (TPSA) is 58.2 Å². The van der Waals surface area contributed by atoms with Crippen molar-refractivity contribution in [3.8, 4) is 5.75 Å². The summed E-state index contributed by atoms with van der Waals surface area (Å²) in [4.78, 5) is 14.6. The zero-order valence-corrected chi connectivity index (χ0v) is 13.0. The fourth-order valence-electron chi connectivity index (χ4n) is 3.12. The normalized spacial score (nSPS) is 17.7. The number of ether oxygens (including phenoxy) is 1. The fraction of sp³-hybridized carbons (Fsp3) is 0.412. The highest BCUT2D eigenvalue weighted by Gasteiger charge is 2.31. The lowest BCUT2D eigenvalue weighted by molar-refractivity contribution is 0.0730. The third-order valence-electron chi connectivity index (χ3n) is 4.21. The number of hydrogen-bond acceptors (Lipinski definition) is 3. The first kappa shape index (κ1) is 14.6. The monoisotopic (exact) mass is 299 g/mol. The molecule has 1 aromatic carbocycles. The summed E-state index contributed by atoms with van der Waals surface area (Å²) in [7, 11) is 1.68. The van der Waals surface area contributed by atoms with Crippen LogP contribution in [0.15, 0.2) is 30.3 Å². The molecule has 2 heterocycles. The standard InChI is InChI=1S/C17H21N3O2/c1-12-10-15(19-18-12)17(21)20-9-5-7-14(20)11-13-6-3-4-8-16(13)22-2/h3-4,6,8,10,14H,5,7,9,11H2,1-2H3,(H,18,19)/t14-/m0/s1. The molecule has 1 aliphatic heterocycles. The molecule has 5 heteroatoms. The van der Waals surface area contributed by atoms with Gasteiger partial charge >= 0.3 is 0 Å². The molecule has 1 saturated heterocycles. The van der Waals surface area contributed by atoms with Crippen LogP contribution in [0, 0.1) is 6.92 Å². The summed E-state index contributed by atoms with van der Waals surface area (Å²) in [6, 6.07) is 10.0. The quantitative estimate of drug-likeness (QED) is 0.944. The number of methoxy groups -OCH3 is 1. The average Bonchev–Trinajstić information content (AvgIpc) is 3.16. The first-order chi connectivity index (χ1) is 10.7. The predicted octanol–water partition coefficient (Wildman–Crippen LogP) is 2.57. The summed E-state index contributed by atoms with van der Waals surface area (Å²) in [6.45, 7) is 2.70. The molecule has 0 bridgehead atoms. The minimum Gasteiger partial charge on any atom is -0.496 e. The number of amides is 1. The first-order valence-corrected chi connectivity index (χ1v) is 7.64. The van der Waals surface area contributed by atoms with E-state index in [1.165, 1.54) is 0 Å². The average molecular weight is 299 g/mol. The summed E-state index contributed by atoms with van der Waals surface area (Å²) in [5.74, 6) is 0.902. The van der Waals surface area contributed by atoms with Crippen molar-refractivity contribution < 1.29 is 9.53 Å². The first-order valence-electron chi connectivity index (χ1n) is 7.64. The van der Waals surface area contributed by atoms with Gasteiger partial charge in [-0.25, -0.2) is 0 Å². The number of H-pyrrole nitrogens is 1. The second-order valence-corrected chi connectivity index (χ2v) is 5.75. The van der Waals surface area contributed by atoms with Crippen molar-refractivity contribution in [3.05, 3.63) is 47.3 Å². The van der Waals surface area contributed by atoms with Crippen LogP contribution in [0.5, 0.6) is 5.75 Å². The maximum Gasteiger partial charge on any atom is 0.274 e. The SMILES string of the molecule is COc1ccccc1C[C@@H]1CCCN1C(=O)c1cc(C)[nH]n1. The minimum atomic E-state index is 0.0155. The Balaban J connectivity index is 1.77. The Hall–Kier alpha value is -2.30. The van der Waals surface area contributed by atoms with Gasteiger partial charge in [-0.05, 0) is 43.9 Å². The number of likely N-dealkylation sites (tertiary alicyclic amines) is 1. The van der Waals surface area contributed by atoms with E-state index in [4.69, 9.17) is 4.74 Å². The maximum atomic E-state index is 12.6. The van der Waals surface area contributed by atoms with E-state index < -0.39 is 0 Å². The van der Waals surface area contributed by atoms with E-state index in [1.54, 1.807) is 13.2 Å². The molecule has 2 aromatic rings. The van der Waals surface area contributed by atoms with Gasteiger partial charge in [0.05, 0.1) is 7.11 Å². The second-order valence-electron chi connectivity index (χ2n) is 5.75. The molecular weight excluding hydrogens is 278 g/mol. The summed E-state index contributed by atoms with van der Waals surface area (Å²) < 4.78 is 5.42. The van der Waals surface area contributed by atoms with Crippen molar-refractivity contribution in [3.63, 3.8) is 0 Å². The lowest BCUT2D eigenvalue weighted by Gasteiger charge is -2.24. The molecule has 0 saturated carbocycles. The van der Waals surface area contributed by atoms with Gasteiger partial charge in [-0.2, -0.15) is 5.10 Å². The van der Waals surface area contributed by atoms with E-state index in [1.807, 2.05) is 30.0 Å². The van der Waals surface area contributed by atoms with E-state index >= 15 is 0 Å². The van der Waals surface area contributed by atoms with Crippen LogP contribution in [-0.2, 0) is 6.42 Å². The molecule has 0 spiro atoms. The van der Waals surface area contributed by atoms with Crippen LogP contribution in [0.4, 0.5) is 0 Å². The van der Waals surface area contributed by atoms with Crippen LogP contribution in [-0.4, -0.2) is 40.7 Å². The molecule has 1 aliphatic rings. The number of aromatic nitrogens is 2. The fourth-order valence-corrected chi connectivity index (χ4v) is 3.12. The molecule has 0 unspecified atom stereocenters. The number of nitrogens with one attached hydrogen (secondary N) is 1. The van der Waals surface area contributed by atoms with Crippen LogP contribution in [0.25, 0.3) is 0 Å². The second kappa shape index (κ2) is 6.22. The number of hydrogen-bond donors (Lipinski definition) is 1. The van der Waals surface area contributed by atoms with Gasteiger partial charge in [-0.15, -0.1) is 0 Å². The molecule has 1 atom stereocenters. The molecule has 1 fully saturated rings. The van der Waals surface area contributed by atoms with Gasteiger partial charge < -0.3 is 9.64 Å². The maximum absolute atomic E-state index is 12.6. The molecule has 0 aliphatic carbocycles. The van der Waals surface area contributed by atoms with Crippen LogP contribution in [0.1, 0.15) is 34.6 Å². The Labute approximate surface area is 130 Å². The number of carbonyl (C=O) groups is 1.